The van der Waals surface area contributed by atoms with E-state index in [4.69, 9.17) is 0 Å². The standard InChI is InChI=1S/C9H12OS/c1-7-8(5-6-11)3-2-4-9(7)10/h2-4,10-11H,5-6H2,1H3. The van der Waals surface area contributed by atoms with Crippen LogP contribution in [0.5, 0.6) is 5.75 Å². The molecule has 0 aliphatic carbocycles. The van der Waals surface area contributed by atoms with Crippen LogP contribution in [-0.2, 0) is 6.42 Å². The Hall–Kier alpha value is -0.630. The van der Waals surface area contributed by atoms with E-state index >= 15 is 0 Å². The van der Waals surface area contributed by atoms with Gasteiger partial charge < -0.3 is 5.11 Å². The summed E-state index contributed by atoms with van der Waals surface area (Å²) in [5.41, 5.74) is 2.15. The van der Waals surface area contributed by atoms with Crippen LogP contribution in [0.4, 0.5) is 0 Å². The van der Waals surface area contributed by atoms with E-state index in [1.54, 1.807) is 6.07 Å². The molecule has 11 heavy (non-hydrogen) atoms. The first-order valence-corrected chi connectivity index (χ1v) is 4.27. The Bertz CT molecular complexity index is 245. The van der Waals surface area contributed by atoms with Crippen LogP contribution >= 0.6 is 12.6 Å². The van der Waals surface area contributed by atoms with E-state index < -0.39 is 0 Å². The van der Waals surface area contributed by atoms with Crippen LogP contribution < -0.4 is 0 Å². The number of rotatable bonds is 2. The van der Waals surface area contributed by atoms with Gasteiger partial charge in [-0.05, 0) is 36.3 Å². The van der Waals surface area contributed by atoms with Gasteiger partial charge in [0.1, 0.15) is 5.75 Å². The second-order valence-electron chi connectivity index (χ2n) is 2.53. The van der Waals surface area contributed by atoms with Gasteiger partial charge in [-0.25, -0.2) is 0 Å². The molecule has 0 aromatic heterocycles. The Morgan fingerprint density at radius 1 is 1.45 bits per heavy atom. The van der Waals surface area contributed by atoms with Crippen molar-refractivity contribution in [2.24, 2.45) is 0 Å². The molecule has 1 aromatic rings. The van der Waals surface area contributed by atoms with E-state index in [0.717, 1.165) is 17.7 Å². The lowest BCUT2D eigenvalue weighted by Gasteiger charge is -2.04. The van der Waals surface area contributed by atoms with Gasteiger partial charge >= 0.3 is 0 Å². The van der Waals surface area contributed by atoms with Gasteiger partial charge in [0.15, 0.2) is 0 Å². The largest absolute Gasteiger partial charge is 0.508 e. The summed E-state index contributed by atoms with van der Waals surface area (Å²) >= 11 is 4.13. The van der Waals surface area contributed by atoms with E-state index in [1.807, 2.05) is 19.1 Å². The van der Waals surface area contributed by atoms with E-state index in [1.165, 1.54) is 5.56 Å². The molecule has 0 amide bonds. The Kier molecular flexibility index (Phi) is 2.83. The maximum absolute atomic E-state index is 9.30. The minimum Gasteiger partial charge on any atom is -0.508 e. The van der Waals surface area contributed by atoms with Crippen molar-refractivity contribution < 1.29 is 5.11 Å². The van der Waals surface area contributed by atoms with Crippen molar-refractivity contribution in [3.05, 3.63) is 29.3 Å². The highest BCUT2D eigenvalue weighted by Gasteiger charge is 1.99. The van der Waals surface area contributed by atoms with E-state index in [9.17, 15) is 5.11 Å². The Morgan fingerprint density at radius 2 is 2.18 bits per heavy atom. The number of hydrogen-bond donors (Lipinski definition) is 2. The average Bonchev–Trinajstić information content (AvgIpc) is 1.99. The lowest BCUT2D eigenvalue weighted by atomic mass is 10.1. The highest BCUT2D eigenvalue weighted by Crippen LogP contribution is 2.19. The Labute approximate surface area is 72.5 Å². The number of phenols is 1. The van der Waals surface area contributed by atoms with Crippen molar-refractivity contribution in [2.75, 3.05) is 5.75 Å². The zero-order chi connectivity index (χ0) is 8.27. The lowest BCUT2D eigenvalue weighted by Crippen LogP contribution is -1.90. The minimum atomic E-state index is 0.379. The number of benzene rings is 1. The fourth-order valence-corrected chi connectivity index (χ4v) is 1.30. The summed E-state index contributed by atoms with van der Waals surface area (Å²) < 4.78 is 0. The van der Waals surface area contributed by atoms with E-state index in [0.29, 0.717) is 5.75 Å². The predicted molar refractivity (Wildman–Crippen MR) is 50.4 cm³/mol. The summed E-state index contributed by atoms with van der Waals surface area (Å²) in [6, 6.07) is 5.59. The molecular weight excluding hydrogens is 156 g/mol. The topological polar surface area (TPSA) is 20.2 Å². The van der Waals surface area contributed by atoms with Gasteiger partial charge in [0.2, 0.25) is 0 Å². The molecule has 0 spiro atoms. The van der Waals surface area contributed by atoms with Gasteiger partial charge in [0, 0.05) is 0 Å². The molecule has 0 bridgehead atoms. The average molecular weight is 168 g/mol. The number of hydrogen-bond acceptors (Lipinski definition) is 2. The second kappa shape index (κ2) is 3.67. The normalized spacial score (nSPS) is 10.0. The summed E-state index contributed by atoms with van der Waals surface area (Å²) in [5.74, 6) is 1.20. The molecule has 0 aliphatic heterocycles. The van der Waals surface area contributed by atoms with Gasteiger partial charge in [0.25, 0.3) is 0 Å². The first-order chi connectivity index (χ1) is 5.25. The van der Waals surface area contributed by atoms with Crippen LogP contribution in [0.15, 0.2) is 18.2 Å². The Balaban J connectivity index is 2.96. The summed E-state index contributed by atoms with van der Waals surface area (Å²) in [6.45, 7) is 1.92. The quantitative estimate of drug-likeness (QED) is 0.648. The molecule has 2 heteroatoms. The Morgan fingerprint density at radius 3 is 2.82 bits per heavy atom. The fourth-order valence-electron chi connectivity index (χ4n) is 1.06. The molecule has 0 atom stereocenters. The molecule has 0 unspecified atom stereocenters. The molecule has 60 valence electrons. The third-order valence-electron chi connectivity index (χ3n) is 1.80. The van der Waals surface area contributed by atoms with Gasteiger partial charge in [-0.1, -0.05) is 12.1 Å². The second-order valence-corrected chi connectivity index (χ2v) is 2.98. The van der Waals surface area contributed by atoms with Crippen molar-refractivity contribution in [2.45, 2.75) is 13.3 Å². The zero-order valence-electron chi connectivity index (χ0n) is 6.54. The van der Waals surface area contributed by atoms with E-state index in [-0.39, 0.29) is 0 Å². The number of phenolic OH excluding ortho intramolecular Hbond substituents is 1. The van der Waals surface area contributed by atoms with Gasteiger partial charge in [-0.15, -0.1) is 0 Å². The van der Waals surface area contributed by atoms with E-state index in [2.05, 4.69) is 12.6 Å². The van der Waals surface area contributed by atoms with Crippen LogP contribution in [0.2, 0.25) is 0 Å². The fraction of sp³-hybridized carbons (Fsp3) is 0.333. The monoisotopic (exact) mass is 168 g/mol. The van der Waals surface area contributed by atoms with Gasteiger partial charge in [-0.2, -0.15) is 12.6 Å². The third-order valence-corrected chi connectivity index (χ3v) is 2.02. The molecule has 1 nitrogen and oxygen atoms in total. The van der Waals surface area contributed by atoms with Gasteiger partial charge in [0.05, 0.1) is 0 Å². The SMILES string of the molecule is Cc1c(O)cccc1CCS. The molecule has 0 aliphatic rings. The number of aryl methyl sites for hydroxylation is 1. The maximum Gasteiger partial charge on any atom is 0.118 e. The van der Waals surface area contributed by atoms with Crippen LogP contribution in [0.3, 0.4) is 0 Å². The third kappa shape index (κ3) is 1.90. The minimum absolute atomic E-state index is 0.379. The first-order valence-electron chi connectivity index (χ1n) is 3.64. The summed E-state index contributed by atoms with van der Waals surface area (Å²) in [4.78, 5) is 0. The number of thiol groups is 1. The highest BCUT2D eigenvalue weighted by molar-refractivity contribution is 7.80. The molecule has 0 heterocycles. The van der Waals surface area contributed by atoms with Gasteiger partial charge in [-0.3, -0.25) is 0 Å². The van der Waals surface area contributed by atoms with Crippen LogP contribution in [0, 0.1) is 6.92 Å². The molecule has 1 rings (SSSR count). The van der Waals surface area contributed by atoms with Crippen molar-refractivity contribution in [3.8, 4) is 5.75 Å². The maximum atomic E-state index is 9.30. The lowest BCUT2D eigenvalue weighted by molar-refractivity contribution is 0.470. The molecule has 1 N–H and O–H groups in total. The first kappa shape index (κ1) is 8.47. The van der Waals surface area contributed by atoms with Crippen molar-refractivity contribution >= 4 is 12.6 Å². The predicted octanol–water partition coefficient (Wildman–Crippen LogP) is 2.17. The van der Waals surface area contributed by atoms with Crippen LogP contribution in [0.1, 0.15) is 11.1 Å². The summed E-state index contributed by atoms with van der Waals surface area (Å²) in [7, 11) is 0. The molecule has 0 radical (unpaired) electrons. The molecule has 0 saturated heterocycles. The summed E-state index contributed by atoms with van der Waals surface area (Å²) in [6.07, 6.45) is 0.920. The van der Waals surface area contributed by atoms with Crippen molar-refractivity contribution in [1.82, 2.24) is 0 Å². The molecule has 0 saturated carbocycles. The molecule has 0 fully saturated rings. The molecule has 1 aromatic carbocycles. The summed E-state index contributed by atoms with van der Waals surface area (Å²) in [5, 5.41) is 9.30. The molecular formula is C9H12OS. The van der Waals surface area contributed by atoms with Crippen molar-refractivity contribution in [1.29, 1.82) is 0 Å². The number of aromatic hydroxyl groups is 1. The van der Waals surface area contributed by atoms with Crippen LogP contribution in [0.25, 0.3) is 0 Å². The van der Waals surface area contributed by atoms with Crippen molar-refractivity contribution in [3.63, 3.8) is 0 Å². The highest BCUT2D eigenvalue weighted by atomic mass is 32.1. The zero-order valence-corrected chi connectivity index (χ0v) is 7.44. The smallest absolute Gasteiger partial charge is 0.118 e. The van der Waals surface area contributed by atoms with Crippen LogP contribution in [-0.4, -0.2) is 10.9 Å².